The summed E-state index contributed by atoms with van der Waals surface area (Å²) in [5, 5.41) is 3.19. The van der Waals surface area contributed by atoms with Crippen LogP contribution in [0.1, 0.15) is 5.56 Å². The molecule has 2 aliphatic heterocycles. The Kier molecular flexibility index (Phi) is 2.93. The Morgan fingerprint density at radius 2 is 2.28 bits per heavy atom. The fourth-order valence-corrected chi connectivity index (χ4v) is 2.40. The molecule has 3 N–H and O–H groups in total. The highest BCUT2D eigenvalue weighted by molar-refractivity contribution is 5.98. The average Bonchev–Trinajstić information content (AvgIpc) is 2.31. The van der Waals surface area contributed by atoms with Gasteiger partial charge in [-0.05, 0) is 30.7 Å². The molecule has 0 atom stereocenters. The average molecular weight is 247 g/mol. The molecule has 1 aromatic rings. The van der Waals surface area contributed by atoms with Crippen LogP contribution in [0.3, 0.4) is 0 Å². The fourth-order valence-electron chi connectivity index (χ4n) is 2.40. The van der Waals surface area contributed by atoms with Crippen molar-refractivity contribution < 1.29 is 9.53 Å². The number of nitrogens with two attached hydrogens (primary N) is 1. The lowest BCUT2D eigenvalue weighted by atomic mass is 10.0. The highest BCUT2D eigenvalue weighted by Crippen LogP contribution is 2.35. The number of ether oxygens (including phenoxy) is 1. The molecule has 1 saturated heterocycles. The first-order valence-electron chi connectivity index (χ1n) is 6.28. The second kappa shape index (κ2) is 4.59. The number of carbonyl (C=O) groups excluding carboxylic acids is 1. The minimum atomic E-state index is 0.0406. The van der Waals surface area contributed by atoms with Gasteiger partial charge in [-0.1, -0.05) is 6.07 Å². The lowest BCUT2D eigenvalue weighted by molar-refractivity contribution is -0.122. The summed E-state index contributed by atoms with van der Waals surface area (Å²) in [7, 11) is 0. The molecule has 1 aromatic carbocycles. The second-order valence-electron chi connectivity index (χ2n) is 4.71. The van der Waals surface area contributed by atoms with Crippen molar-refractivity contribution in [1.82, 2.24) is 5.32 Å². The summed E-state index contributed by atoms with van der Waals surface area (Å²) in [4.78, 5) is 13.9. The van der Waals surface area contributed by atoms with E-state index in [1.807, 2.05) is 23.1 Å². The minimum Gasteiger partial charge on any atom is -0.482 e. The first-order chi connectivity index (χ1) is 8.79. The van der Waals surface area contributed by atoms with E-state index < -0.39 is 0 Å². The molecule has 0 spiro atoms. The zero-order valence-corrected chi connectivity index (χ0v) is 10.2. The van der Waals surface area contributed by atoms with Crippen molar-refractivity contribution in [1.29, 1.82) is 0 Å². The van der Waals surface area contributed by atoms with Crippen LogP contribution in [0.25, 0.3) is 0 Å². The van der Waals surface area contributed by atoms with E-state index in [1.165, 1.54) is 0 Å². The molecular weight excluding hydrogens is 230 g/mol. The number of anilines is 1. The smallest absolute Gasteiger partial charge is 0.265 e. The second-order valence-corrected chi connectivity index (χ2v) is 4.71. The summed E-state index contributed by atoms with van der Waals surface area (Å²) in [6.45, 7) is 2.46. The number of nitrogens with one attached hydrogen (secondary N) is 1. The Morgan fingerprint density at radius 1 is 1.44 bits per heavy atom. The van der Waals surface area contributed by atoms with E-state index in [0.29, 0.717) is 6.54 Å². The van der Waals surface area contributed by atoms with Gasteiger partial charge in [0, 0.05) is 13.1 Å². The largest absolute Gasteiger partial charge is 0.482 e. The van der Waals surface area contributed by atoms with E-state index in [4.69, 9.17) is 10.5 Å². The molecule has 2 heterocycles. The highest BCUT2D eigenvalue weighted by atomic mass is 16.5. The summed E-state index contributed by atoms with van der Waals surface area (Å²) in [6, 6.07) is 6.23. The lowest BCUT2D eigenvalue weighted by Gasteiger charge is -2.41. The van der Waals surface area contributed by atoms with E-state index in [-0.39, 0.29) is 18.6 Å². The van der Waals surface area contributed by atoms with Crippen LogP contribution >= 0.6 is 0 Å². The van der Waals surface area contributed by atoms with Crippen LogP contribution in [-0.4, -0.2) is 38.2 Å². The van der Waals surface area contributed by atoms with E-state index >= 15 is 0 Å². The maximum Gasteiger partial charge on any atom is 0.265 e. The first kappa shape index (κ1) is 11.5. The van der Waals surface area contributed by atoms with Crippen molar-refractivity contribution in [3.05, 3.63) is 23.8 Å². The Morgan fingerprint density at radius 3 is 2.94 bits per heavy atom. The van der Waals surface area contributed by atoms with Crippen LogP contribution in [-0.2, 0) is 11.2 Å². The topological polar surface area (TPSA) is 67.6 Å². The van der Waals surface area contributed by atoms with Crippen LogP contribution < -0.4 is 20.7 Å². The van der Waals surface area contributed by atoms with Gasteiger partial charge in [-0.15, -0.1) is 0 Å². The van der Waals surface area contributed by atoms with Crippen LogP contribution in [0.4, 0.5) is 5.69 Å². The zero-order chi connectivity index (χ0) is 12.5. The molecule has 1 fully saturated rings. The normalized spacial score (nSPS) is 19.2. The Bertz CT molecular complexity index is 471. The summed E-state index contributed by atoms with van der Waals surface area (Å²) in [5.41, 5.74) is 7.61. The van der Waals surface area contributed by atoms with Crippen molar-refractivity contribution in [3.8, 4) is 5.75 Å². The van der Waals surface area contributed by atoms with E-state index in [2.05, 4.69) is 5.32 Å². The standard InChI is InChI=1S/C13H17N3O2/c14-4-3-9-1-2-12-11(5-9)16(10-6-15-7-10)13(17)8-18-12/h1-2,5,10,15H,3-4,6-8,14H2. The Hall–Kier alpha value is -1.59. The van der Waals surface area contributed by atoms with Crippen LogP contribution in [0.5, 0.6) is 5.75 Å². The molecule has 96 valence electrons. The molecule has 0 saturated carbocycles. The molecule has 5 heteroatoms. The van der Waals surface area contributed by atoms with Gasteiger partial charge in [-0.2, -0.15) is 0 Å². The van der Waals surface area contributed by atoms with Gasteiger partial charge in [0.05, 0.1) is 11.7 Å². The third-order valence-electron chi connectivity index (χ3n) is 3.46. The molecule has 0 aliphatic carbocycles. The number of amides is 1. The van der Waals surface area contributed by atoms with Crippen LogP contribution in [0, 0.1) is 0 Å². The predicted octanol–water partition coefficient (Wildman–Crippen LogP) is -0.115. The SMILES string of the molecule is NCCc1ccc2c(c1)N(C1CNC1)C(=O)CO2. The maximum atomic E-state index is 12.0. The lowest BCUT2D eigenvalue weighted by Crippen LogP contribution is -2.61. The number of benzene rings is 1. The molecule has 18 heavy (non-hydrogen) atoms. The number of fused-ring (bicyclic) bond motifs is 1. The molecule has 3 rings (SSSR count). The third kappa shape index (κ3) is 1.85. The predicted molar refractivity (Wildman–Crippen MR) is 68.8 cm³/mol. The number of carbonyl (C=O) groups is 1. The number of nitrogens with zero attached hydrogens (tertiary/aromatic N) is 1. The summed E-state index contributed by atoms with van der Waals surface area (Å²) in [6.07, 6.45) is 0.818. The molecule has 2 aliphatic rings. The third-order valence-corrected chi connectivity index (χ3v) is 3.46. The van der Waals surface area contributed by atoms with Gasteiger partial charge >= 0.3 is 0 Å². The molecule has 0 bridgehead atoms. The Labute approximate surface area is 106 Å². The van der Waals surface area contributed by atoms with Gasteiger partial charge < -0.3 is 20.7 Å². The summed E-state index contributed by atoms with van der Waals surface area (Å²) >= 11 is 0. The summed E-state index contributed by atoms with van der Waals surface area (Å²) in [5.74, 6) is 0.834. The monoisotopic (exact) mass is 247 g/mol. The highest BCUT2D eigenvalue weighted by Gasteiger charge is 2.34. The molecule has 0 aromatic heterocycles. The maximum absolute atomic E-state index is 12.0. The summed E-state index contributed by atoms with van der Waals surface area (Å²) < 4.78 is 5.47. The quantitative estimate of drug-likeness (QED) is 0.782. The van der Waals surface area contributed by atoms with Gasteiger partial charge in [0.1, 0.15) is 5.75 Å². The Balaban J connectivity index is 1.96. The van der Waals surface area contributed by atoms with Crippen molar-refractivity contribution in [2.45, 2.75) is 12.5 Å². The molecule has 1 amide bonds. The van der Waals surface area contributed by atoms with E-state index in [9.17, 15) is 4.79 Å². The number of hydrogen-bond donors (Lipinski definition) is 2. The van der Waals surface area contributed by atoms with Gasteiger partial charge in [0.15, 0.2) is 6.61 Å². The van der Waals surface area contributed by atoms with Gasteiger partial charge in [0.25, 0.3) is 5.91 Å². The first-order valence-corrected chi connectivity index (χ1v) is 6.28. The fraction of sp³-hybridized carbons (Fsp3) is 0.462. The van der Waals surface area contributed by atoms with Gasteiger partial charge in [-0.25, -0.2) is 0 Å². The molecule has 0 unspecified atom stereocenters. The molecular formula is C13H17N3O2. The minimum absolute atomic E-state index is 0.0406. The number of hydrogen-bond acceptors (Lipinski definition) is 4. The van der Waals surface area contributed by atoms with E-state index in [1.54, 1.807) is 0 Å². The van der Waals surface area contributed by atoms with E-state index in [0.717, 1.165) is 36.5 Å². The van der Waals surface area contributed by atoms with Crippen molar-refractivity contribution in [2.75, 3.05) is 31.1 Å². The molecule has 0 radical (unpaired) electrons. The van der Waals surface area contributed by atoms with Crippen molar-refractivity contribution >= 4 is 11.6 Å². The van der Waals surface area contributed by atoms with Gasteiger partial charge in [-0.3, -0.25) is 4.79 Å². The zero-order valence-electron chi connectivity index (χ0n) is 10.2. The molecule has 5 nitrogen and oxygen atoms in total. The van der Waals surface area contributed by atoms with Crippen molar-refractivity contribution in [2.24, 2.45) is 5.73 Å². The van der Waals surface area contributed by atoms with Crippen molar-refractivity contribution in [3.63, 3.8) is 0 Å². The number of rotatable bonds is 3. The van der Waals surface area contributed by atoms with Crippen LogP contribution in [0.2, 0.25) is 0 Å². The van der Waals surface area contributed by atoms with Crippen LogP contribution in [0.15, 0.2) is 18.2 Å². The van der Waals surface area contributed by atoms with Gasteiger partial charge in [0.2, 0.25) is 0 Å².